The van der Waals surface area contributed by atoms with Crippen LogP contribution in [0.25, 0.3) is 0 Å². The zero-order chi connectivity index (χ0) is 12.0. The Labute approximate surface area is 101 Å². The molecule has 0 aromatic rings. The summed E-state index contributed by atoms with van der Waals surface area (Å²) in [6, 6.07) is 0. The van der Waals surface area contributed by atoms with Crippen LogP contribution >= 0.6 is 0 Å². The molecule has 0 amide bonds. The molecule has 1 aliphatic carbocycles. The molecule has 0 radical (unpaired) electrons. The summed E-state index contributed by atoms with van der Waals surface area (Å²) >= 11 is 0. The van der Waals surface area contributed by atoms with E-state index in [0.29, 0.717) is 5.92 Å². The van der Waals surface area contributed by atoms with Crippen molar-refractivity contribution in [3.63, 3.8) is 0 Å². The van der Waals surface area contributed by atoms with Crippen molar-refractivity contribution in [2.45, 2.75) is 59.0 Å². The standard InChI is InChI=1S/C14H29NO/c1-4-12(3)14(16)10-15-9-13-7-5-11(2)6-8-13/h11-16H,4-10H2,1-3H3. The Kier molecular flexibility index (Phi) is 6.37. The van der Waals surface area contributed by atoms with Crippen molar-refractivity contribution in [3.8, 4) is 0 Å². The molecule has 0 aromatic carbocycles. The molecule has 0 heterocycles. The minimum atomic E-state index is -0.174. The zero-order valence-electron chi connectivity index (χ0n) is 11.2. The van der Waals surface area contributed by atoms with Crippen molar-refractivity contribution >= 4 is 0 Å². The van der Waals surface area contributed by atoms with Crippen molar-refractivity contribution in [2.75, 3.05) is 13.1 Å². The first kappa shape index (κ1) is 14.0. The van der Waals surface area contributed by atoms with Gasteiger partial charge >= 0.3 is 0 Å². The maximum atomic E-state index is 9.83. The van der Waals surface area contributed by atoms with Crippen molar-refractivity contribution in [2.24, 2.45) is 17.8 Å². The van der Waals surface area contributed by atoms with E-state index in [4.69, 9.17) is 0 Å². The van der Waals surface area contributed by atoms with E-state index in [-0.39, 0.29) is 6.10 Å². The number of nitrogens with one attached hydrogen (secondary N) is 1. The molecule has 1 aliphatic rings. The average molecular weight is 227 g/mol. The molecule has 0 aliphatic heterocycles. The van der Waals surface area contributed by atoms with Crippen molar-refractivity contribution < 1.29 is 5.11 Å². The molecule has 2 atom stereocenters. The Morgan fingerprint density at radius 2 is 1.88 bits per heavy atom. The monoisotopic (exact) mass is 227 g/mol. The lowest BCUT2D eigenvalue weighted by Gasteiger charge is -2.27. The average Bonchev–Trinajstić information content (AvgIpc) is 2.30. The number of aliphatic hydroxyl groups is 1. The molecule has 2 nitrogen and oxygen atoms in total. The van der Waals surface area contributed by atoms with Gasteiger partial charge in [-0.15, -0.1) is 0 Å². The molecular formula is C14H29NO. The zero-order valence-corrected chi connectivity index (χ0v) is 11.2. The largest absolute Gasteiger partial charge is 0.392 e. The molecule has 0 spiro atoms. The molecule has 1 fully saturated rings. The summed E-state index contributed by atoms with van der Waals surface area (Å²) in [5.74, 6) is 2.20. The Balaban J connectivity index is 2.06. The van der Waals surface area contributed by atoms with E-state index in [1.807, 2.05) is 0 Å². The van der Waals surface area contributed by atoms with Crippen molar-refractivity contribution in [1.82, 2.24) is 5.32 Å². The van der Waals surface area contributed by atoms with Gasteiger partial charge in [-0.3, -0.25) is 0 Å². The summed E-state index contributed by atoms with van der Waals surface area (Å²) in [6.07, 6.45) is 6.40. The van der Waals surface area contributed by atoms with Crippen LogP contribution < -0.4 is 5.32 Å². The van der Waals surface area contributed by atoms with Crippen LogP contribution in [0.3, 0.4) is 0 Å². The number of aliphatic hydroxyl groups excluding tert-OH is 1. The molecule has 1 rings (SSSR count). The van der Waals surface area contributed by atoms with Crippen LogP contribution in [-0.2, 0) is 0 Å². The summed E-state index contributed by atoms with van der Waals surface area (Å²) in [5.41, 5.74) is 0. The normalized spacial score (nSPS) is 30.0. The van der Waals surface area contributed by atoms with Crippen molar-refractivity contribution in [3.05, 3.63) is 0 Å². The molecule has 96 valence electrons. The van der Waals surface area contributed by atoms with E-state index in [0.717, 1.165) is 31.3 Å². The highest BCUT2D eigenvalue weighted by Crippen LogP contribution is 2.27. The molecule has 2 N–H and O–H groups in total. The third-order valence-corrected chi connectivity index (χ3v) is 4.22. The van der Waals surface area contributed by atoms with Gasteiger partial charge in [-0.05, 0) is 37.1 Å². The van der Waals surface area contributed by atoms with Gasteiger partial charge in [0.2, 0.25) is 0 Å². The minimum Gasteiger partial charge on any atom is -0.392 e. The van der Waals surface area contributed by atoms with Gasteiger partial charge in [-0.25, -0.2) is 0 Å². The van der Waals surface area contributed by atoms with Gasteiger partial charge in [-0.2, -0.15) is 0 Å². The molecule has 0 saturated heterocycles. The Bertz CT molecular complexity index is 176. The first-order valence-electron chi connectivity index (χ1n) is 7.02. The highest BCUT2D eigenvalue weighted by Gasteiger charge is 2.18. The maximum Gasteiger partial charge on any atom is 0.0689 e. The van der Waals surface area contributed by atoms with Crippen LogP contribution in [0.4, 0.5) is 0 Å². The van der Waals surface area contributed by atoms with Gasteiger partial charge in [0.25, 0.3) is 0 Å². The second-order valence-corrected chi connectivity index (χ2v) is 5.74. The topological polar surface area (TPSA) is 32.3 Å². The highest BCUT2D eigenvalue weighted by atomic mass is 16.3. The molecule has 2 heteroatoms. The molecule has 0 bridgehead atoms. The fourth-order valence-electron chi connectivity index (χ4n) is 2.44. The first-order valence-corrected chi connectivity index (χ1v) is 7.02. The minimum absolute atomic E-state index is 0.174. The highest BCUT2D eigenvalue weighted by molar-refractivity contribution is 4.73. The fraction of sp³-hybridized carbons (Fsp3) is 1.00. The Hall–Kier alpha value is -0.0800. The van der Waals surface area contributed by atoms with Gasteiger partial charge < -0.3 is 10.4 Å². The second-order valence-electron chi connectivity index (χ2n) is 5.74. The van der Waals surface area contributed by atoms with Gasteiger partial charge in [-0.1, -0.05) is 40.0 Å². The van der Waals surface area contributed by atoms with Crippen LogP contribution in [0, 0.1) is 17.8 Å². The molecule has 0 aromatic heterocycles. The van der Waals surface area contributed by atoms with Gasteiger partial charge in [0.05, 0.1) is 6.10 Å². The molecular weight excluding hydrogens is 198 g/mol. The third kappa shape index (κ3) is 4.84. The molecule has 1 saturated carbocycles. The van der Waals surface area contributed by atoms with Crippen molar-refractivity contribution in [1.29, 1.82) is 0 Å². The quantitative estimate of drug-likeness (QED) is 0.731. The second kappa shape index (κ2) is 7.29. The van der Waals surface area contributed by atoms with Gasteiger partial charge in [0.1, 0.15) is 0 Å². The molecule has 2 unspecified atom stereocenters. The first-order chi connectivity index (χ1) is 7.63. The Morgan fingerprint density at radius 1 is 1.25 bits per heavy atom. The lowest BCUT2D eigenvalue weighted by molar-refractivity contribution is 0.110. The number of rotatable bonds is 6. The molecule has 16 heavy (non-hydrogen) atoms. The maximum absolute atomic E-state index is 9.83. The summed E-state index contributed by atoms with van der Waals surface area (Å²) in [5, 5.41) is 13.3. The third-order valence-electron chi connectivity index (χ3n) is 4.22. The lowest BCUT2D eigenvalue weighted by atomic mass is 9.83. The van der Waals surface area contributed by atoms with Crippen LogP contribution in [-0.4, -0.2) is 24.3 Å². The van der Waals surface area contributed by atoms with E-state index in [1.54, 1.807) is 0 Å². The lowest BCUT2D eigenvalue weighted by Crippen LogP contribution is -2.35. The number of hydrogen-bond acceptors (Lipinski definition) is 2. The number of hydrogen-bond donors (Lipinski definition) is 2. The SMILES string of the molecule is CCC(C)C(O)CNCC1CCC(C)CC1. The predicted octanol–water partition coefficient (Wildman–Crippen LogP) is 2.81. The van der Waals surface area contributed by atoms with Crippen LogP contribution in [0.2, 0.25) is 0 Å². The predicted molar refractivity (Wildman–Crippen MR) is 69.5 cm³/mol. The van der Waals surface area contributed by atoms with E-state index in [9.17, 15) is 5.11 Å². The van der Waals surface area contributed by atoms with E-state index in [2.05, 4.69) is 26.1 Å². The fourth-order valence-corrected chi connectivity index (χ4v) is 2.44. The van der Waals surface area contributed by atoms with E-state index < -0.39 is 0 Å². The summed E-state index contributed by atoms with van der Waals surface area (Å²) in [7, 11) is 0. The van der Waals surface area contributed by atoms with Crippen LogP contribution in [0.15, 0.2) is 0 Å². The summed E-state index contributed by atoms with van der Waals surface area (Å²) in [6.45, 7) is 8.47. The Morgan fingerprint density at radius 3 is 2.44 bits per heavy atom. The smallest absolute Gasteiger partial charge is 0.0689 e. The summed E-state index contributed by atoms with van der Waals surface area (Å²) < 4.78 is 0. The van der Waals surface area contributed by atoms with Crippen LogP contribution in [0.5, 0.6) is 0 Å². The van der Waals surface area contributed by atoms with E-state index >= 15 is 0 Å². The van der Waals surface area contributed by atoms with Crippen LogP contribution in [0.1, 0.15) is 52.9 Å². The van der Waals surface area contributed by atoms with Gasteiger partial charge in [0.15, 0.2) is 0 Å². The van der Waals surface area contributed by atoms with Gasteiger partial charge in [0, 0.05) is 6.54 Å². The summed E-state index contributed by atoms with van der Waals surface area (Å²) in [4.78, 5) is 0. The van der Waals surface area contributed by atoms with E-state index in [1.165, 1.54) is 25.7 Å².